The van der Waals surface area contributed by atoms with Gasteiger partial charge in [-0.2, -0.15) is 0 Å². The van der Waals surface area contributed by atoms with Crippen LogP contribution in [0.5, 0.6) is 5.75 Å². The van der Waals surface area contributed by atoms with E-state index in [1.807, 2.05) is 37.3 Å². The van der Waals surface area contributed by atoms with Crippen LogP contribution in [0, 0.1) is 19.8 Å². The van der Waals surface area contributed by atoms with Gasteiger partial charge in [0.05, 0.1) is 23.7 Å². The quantitative estimate of drug-likeness (QED) is 0.504. The molecule has 1 amide bonds. The molecule has 0 spiro atoms. The third-order valence-corrected chi connectivity index (χ3v) is 5.97. The van der Waals surface area contributed by atoms with Crippen molar-refractivity contribution >= 4 is 16.9 Å². The van der Waals surface area contributed by atoms with E-state index < -0.39 is 0 Å². The number of hydrogen-bond donors (Lipinski definition) is 1. The fourth-order valence-electron chi connectivity index (χ4n) is 3.84. The summed E-state index contributed by atoms with van der Waals surface area (Å²) in [5.74, 6) is 2.26. The minimum atomic E-state index is -0.100. The maximum atomic E-state index is 12.2. The lowest BCUT2D eigenvalue weighted by molar-refractivity contribution is -0.123. The Bertz CT molecular complexity index is 1040. The number of nitrogens with one attached hydrogen (secondary N) is 1. The van der Waals surface area contributed by atoms with Crippen molar-refractivity contribution in [2.75, 3.05) is 6.61 Å². The highest BCUT2D eigenvalue weighted by molar-refractivity contribution is 5.81. The lowest BCUT2D eigenvalue weighted by Crippen LogP contribution is -2.29. The van der Waals surface area contributed by atoms with Crippen molar-refractivity contribution in [3.8, 4) is 5.75 Å². The number of amides is 1. The Labute approximate surface area is 178 Å². The molecule has 1 N–H and O–H groups in total. The first-order valence-electron chi connectivity index (χ1n) is 11.0. The Hall–Kier alpha value is -2.82. The van der Waals surface area contributed by atoms with Gasteiger partial charge in [0.1, 0.15) is 11.6 Å². The number of ether oxygens (including phenoxy) is 1. The van der Waals surface area contributed by atoms with Crippen LogP contribution in [0.1, 0.15) is 55.6 Å². The third-order valence-electron chi connectivity index (χ3n) is 5.97. The van der Waals surface area contributed by atoms with Crippen molar-refractivity contribution < 1.29 is 9.53 Å². The number of fused-ring (bicyclic) bond motifs is 1. The zero-order valence-electron chi connectivity index (χ0n) is 18.1. The van der Waals surface area contributed by atoms with Crippen LogP contribution in [-0.2, 0) is 11.3 Å². The number of aryl methyl sites for hydroxylation is 2. The number of unbranched alkanes of at least 4 members (excludes halogenated alkanes) is 1. The van der Waals surface area contributed by atoms with Gasteiger partial charge in [0.25, 0.3) is 0 Å². The lowest BCUT2D eigenvalue weighted by atomic mass is 10.1. The van der Waals surface area contributed by atoms with Crippen molar-refractivity contribution in [1.82, 2.24) is 14.9 Å². The van der Waals surface area contributed by atoms with Crippen molar-refractivity contribution in [3.63, 3.8) is 0 Å². The number of aromatic nitrogens is 2. The first kappa shape index (κ1) is 20.5. The largest absolute Gasteiger partial charge is 0.493 e. The molecule has 1 aliphatic rings. The number of para-hydroxylation sites is 2. The Morgan fingerprint density at radius 2 is 1.97 bits per heavy atom. The average Bonchev–Trinajstić information content (AvgIpc) is 3.53. The summed E-state index contributed by atoms with van der Waals surface area (Å²) in [4.78, 5) is 17.1. The molecule has 0 saturated heterocycles. The predicted octanol–water partition coefficient (Wildman–Crippen LogP) is 5.10. The molecule has 0 bridgehead atoms. The number of carbonyl (C=O) groups excluding carboxylic acids is 1. The summed E-state index contributed by atoms with van der Waals surface area (Å²) in [6.07, 6.45) is 3.97. The van der Waals surface area contributed by atoms with Crippen LogP contribution < -0.4 is 10.1 Å². The van der Waals surface area contributed by atoms with Crippen LogP contribution in [0.4, 0.5) is 0 Å². The summed E-state index contributed by atoms with van der Waals surface area (Å²) in [7, 11) is 0. The molecule has 1 saturated carbocycles. The number of hydrogen-bond acceptors (Lipinski definition) is 3. The van der Waals surface area contributed by atoms with Crippen LogP contribution in [0.25, 0.3) is 11.0 Å². The molecule has 2 aromatic carbocycles. The minimum absolute atomic E-state index is 0.100. The topological polar surface area (TPSA) is 56.1 Å². The maximum Gasteiger partial charge on any atom is 0.223 e. The van der Waals surface area contributed by atoms with Crippen LogP contribution in [0.2, 0.25) is 0 Å². The number of nitrogens with zero attached hydrogens (tertiary/aromatic N) is 2. The van der Waals surface area contributed by atoms with E-state index in [-0.39, 0.29) is 17.9 Å². The molecule has 0 aliphatic heterocycles. The SMILES string of the molecule is Cc1cccc(OCCCCn2c(C(C)NC(=O)C3CC3)nc3ccccc32)c1C. The van der Waals surface area contributed by atoms with Gasteiger partial charge in [0.2, 0.25) is 5.91 Å². The summed E-state index contributed by atoms with van der Waals surface area (Å²) in [6, 6.07) is 14.3. The molecule has 0 radical (unpaired) electrons. The Morgan fingerprint density at radius 1 is 1.17 bits per heavy atom. The van der Waals surface area contributed by atoms with Crippen molar-refractivity contribution in [2.45, 2.75) is 59.0 Å². The molecule has 5 nitrogen and oxygen atoms in total. The normalized spacial score (nSPS) is 14.6. The average molecular weight is 406 g/mol. The molecular formula is C25H31N3O2. The Morgan fingerprint density at radius 3 is 2.77 bits per heavy atom. The first-order chi connectivity index (χ1) is 14.5. The van der Waals surface area contributed by atoms with Gasteiger partial charge in [0, 0.05) is 12.5 Å². The summed E-state index contributed by atoms with van der Waals surface area (Å²) in [6.45, 7) is 7.79. The first-order valence-corrected chi connectivity index (χ1v) is 11.0. The summed E-state index contributed by atoms with van der Waals surface area (Å²) >= 11 is 0. The second-order valence-corrected chi connectivity index (χ2v) is 8.37. The number of rotatable bonds is 9. The van der Waals surface area contributed by atoms with E-state index in [1.54, 1.807) is 0 Å². The molecule has 1 atom stereocenters. The van der Waals surface area contributed by atoms with Crippen LogP contribution in [-0.4, -0.2) is 22.1 Å². The number of benzene rings is 2. The zero-order chi connectivity index (χ0) is 21.1. The summed E-state index contributed by atoms with van der Waals surface area (Å²) in [5, 5.41) is 3.15. The summed E-state index contributed by atoms with van der Waals surface area (Å²) < 4.78 is 8.26. The molecule has 1 heterocycles. The van der Waals surface area contributed by atoms with E-state index in [1.165, 1.54) is 11.1 Å². The van der Waals surface area contributed by atoms with Crippen LogP contribution in [0.15, 0.2) is 42.5 Å². The van der Waals surface area contributed by atoms with E-state index in [0.717, 1.165) is 54.8 Å². The highest BCUT2D eigenvalue weighted by Crippen LogP contribution is 2.30. The van der Waals surface area contributed by atoms with E-state index in [2.05, 4.69) is 35.9 Å². The van der Waals surface area contributed by atoms with E-state index in [0.29, 0.717) is 6.61 Å². The summed E-state index contributed by atoms with van der Waals surface area (Å²) in [5.41, 5.74) is 4.56. The van der Waals surface area contributed by atoms with Gasteiger partial charge in [0.15, 0.2) is 0 Å². The molecule has 3 aromatic rings. The smallest absolute Gasteiger partial charge is 0.223 e. The zero-order valence-corrected chi connectivity index (χ0v) is 18.1. The highest BCUT2D eigenvalue weighted by atomic mass is 16.5. The second kappa shape index (κ2) is 8.90. The monoisotopic (exact) mass is 405 g/mol. The van der Waals surface area contributed by atoms with Gasteiger partial charge in [-0.3, -0.25) is 4.79 Å². The van der Waals surface area contributed by atoms with Gasteiger partial charge >= 0.3 is 0 Å². The molecule has 1 aliphatic carbocycles. The Kier molecular flexibility index (Phi) is 6.07. The molecule has 158 valence electrons. The van der Waals surface area contributed by atoms with Gasteiger partial charge in [-0.1, -0.05) is 24.3 Å². The van der Waals surface area contributed by atoms with Crippen molar-refractivity contribution in [3.05, 3.63) is 59.4 Å². The molecule has 1 unspecified atom stereocenters. The van der Waals surface area contributed by atoms with E-state index in [9.17, 15) is 4.79 Å². The number of carbonyl (C=O) groups is 1. The molecule has 1 fully saturated rings. The van der Waals surface area contributed by atoms with Crippen molar-refractivity contribution in [1.29, 1.82) is 0 Å². The molecule has 1 aromatic heterocycles. The second-order valence-electron chi connectivity index (χ2n) is 8.37. The predicted molar refractivity (Wildman–Crippen MR) is 120 cm³/mol. The van der Waals surface area contributed by atoms with Crippen LogP contribution >= 0.6 is 0 Å². The maximum absolute atomic E-state index is 12.2. The number of imidazole rings is 1. The van der Waals surface area contributed by atoms with Gasteiger partial charge in [-0.25, -0.2) is 4.98 Å². The Balaban J connectivity index is 1.40. The molecule has 30 heavy (non-hydrogen) atoms. The van der Waals surface area contributed by atoms with Crippen LogP contribution in [0.3, 0.4) is 0 Å². The molecule has 5 heteroatoms. The molecular weight excluding hydrogens is 374 g/mol. The van der Waals surface area contributed by atoms with Gasteiger partial charge in [-0.15, -0.1) is 0 Å². The highest BCUT2D eigenvalue weighted by Gasteiger charge is 2.31. The standard InChI is InChI=1S/C25H31N3O2/c1-17-9-8-12-23(18(17)2)30-16-7-6-15-28-22-11-5-4-10-21(22)27-24(28)19(3)26-25(29)20-13-14-20/h4-5,8-12,19-20H,6-7,13-16H2,1-3H3,(H,26,29). The van der Waals surface area contributed by atoms with Crippen molar-refractivity contribution in [2.24, 2.45) is 5.92 Å². The fraction of sp³-hybridized carbons (Fsp3) is 0.440. The minimum Gasteiger partial charge on any atom is -0.493 e. The van der Waals surface area contributed by atoms with E-state index >= 15 is 0 Å². The molecule has 4 rings (SSSR count). The third kappa shape index (κ3) is 4.50. The lowest BCUT2D eigenvalue weighted by Gasteiger charge is -2.16. The fourth-order valence-corrected chi connectivity index (χ4v) is 3.84. The van der Waals surface area contributed by atoms with Gasteiger partial charge in [-0.05, 0) is 75.8 Å². The van der Waals surface area contributed by atoms with E-state index in [4.69, 9.17) is 9.72 Å². The van der Waals surface area contributed by atoms with Gasteiger partial charge < -0.3 is 14.6 Å².